The van der Waals surface area contributed by atoms with Gasteiger partial charge in [0.2, 0.25) is 5.95 Å². The molecule has 0 aliphatic carbocycles. The van der Waals surface area contributed by atoms with Gasteiger partial charge in [0.25, 0.3) is 0 Å². The van der Waals surface area contributed by atoms with Crippen molar-refractivity contribution >= 4 is 23.4 Å². The number of aromatic nitrogens is 4. The van der Waals surface area contributed by atoms with Crippen molar-refractivity contribution in [2.75, 3.05) is 42.5 Å². The fourth-order valence-corrected chi connectivity index (χ4v) is 5.51. The molecule has 12 heteroatoms. The number of fused-ring (bicyclic) bond motifs is 3. The van der Waals surface area contributed by atoms with Gasteiger partial charge in [-0.15, -0.1) is 10.2 Å². The first-order chi connectivity index (χ1) is 16.7. The van der Waals surface area contributed by atoms with Crippen LogP contribution in [0.25, 0.3) is 5.69 Å². The van der Waals surface area contributed by atoms with Crippen molar-refractivity contribution in [1.29, 1.82) is 5.26 Å². The number of hydrogen-bond donors (Lipinski definition) is 0. The van der Waals surface area contributed by atoms with Gasteiger partial charge in [-0.25, -0.2) is 4.98 Å². The zero-order chi connectivity index (χ0) is 24.4. The number of pyridine rings is 1. The Morgan fingerprint density at radius 3 is 2.54 bits per heavy atom. The average molecular weight is 501 g/mol. The number of halogens is 4. The molecular weight excluding hydrogens is 481 g/mol. The predicted octanol–water partition coefficient (Wildman–Crippen LogP) is 3.39. The molecule has 0 bridgehead atoms. The Hall–Kier alpha value is -3.36. The summed E-state index contributed by atoms with van der Waals surface area (Å²) >= 11 is 6.18. The minimum Gasteiger partial charge on any atom is -0.355 e. The Kier molecular flexibility index (Phi) is 4.95. The van der Waals surface area contributed by atoms with Crippen molar-refractivity contribution in [3.05, 3.63) is 58.5 Å². The fourth-order valence-electron chi connectivity index (χ4n) is 5.31. The van der Waals surface area contributed by atoms with Gasteiger partial charge < -0.3 is 9.80 Å². The van der Waals surface area contributed by atoms with Crippen LogP contribution in [0.4, 0.5) is 24.9 Å². The van der Waals surface area contributed by atoms with E-state index in [-0.39, 0.29) is 18.5 Å². The topological polar surface area (TPSA) is 77.1 Å². The average Bonchev–Trinajstić information content (AvgIpc) is 3.07. The lowest BCUT2D eigenvalue weighted by molar-refractivity contribution is -0.148. The third-order valence-electron chi connectivity index (χ3n) is 6.74. The summed E-state index contributed by atoms with van der Waals surface area (Å²) in [6.07, 6.45) is -2.68. The van der Waals surface area contributed by atoms with E-state index in [2.05, 4.69) is 31.1 Å². The first kappa shape index (κ1) is 22.1. The summed E-state index contributed by atoms with van der Waals surface area (Å²) in [5, 5.41) is 18.2. The fraction of sp³-hybridized carbons (Fsp3) is 0.391. The molecule has 0 amide bonds. The van der Waals surface area contributed by atoms with Crippen molar-refractivity contribution in [1.82, 2.24) is 24.6 Å². The van der Waals surface area contributed by atoms with Gasteiger partial charge in [0.05, 0.1) is 30.4 Å². The van der Waals surface area contributed by atoms with Crippen LogP contribution >= 0.6 is 11.6 Å². The van der Waals surface area contributed by atoms with E-state index in [0.29, 0.717) is 27.9 Å². The molecule has 3 aromatic rings. The molecule has 0 saturated carbocycles. The van der Waals surface area contributed by atoms with E-state index in [1.54, 1.807) is 30.5 Å². The van der Waals surface area contributed by atoms with E-state index in [1.165, 1.54) is 4.90 Å². The monoisotopic (exact) mass is 500 g/mol. The van der Waals surface area contributed by atoms with Crippen LogP contribution in [0.1, 0.15) is 17.0 Å². The first-order valence-electron chi connectivity index (χ1n) is 11.1. The quantitative estimate of drug-likeness (QED) is 0.545. The minimum absolute atomic E-state index is 0.0342. The van der Waals surface area contributed by atoms with Gasteiger partial charge in [0.1, 0.15) is 5.82 Å². The van der Waals surface area contributed by atoms with Crippen molar-refractivity contribution in [2.24, 2.45) is 5.41 Å². The smallest absolute Gasteiger partial charge is 0.355 e. The molecule has 2 saturated heterocycles. The standard InChI is InChI=1S/C23H20ClF3N8/c24-17-1-2-18-16(6-17)8-32(14-23(25,26)27)9-20-30-31-21(35(18)20)34-12-22(13-34)10-33(11-22)19-5-15(7-28)3-4-29-19/h1-6H,8-14H2. The van der Waals surface area contributed by atoms with Gasteiger partial charge in [-0.3, -0.25) is 9.47 Å². The third-order valence-corrected chi connectivity index (χ3v) is 6.98. The van der Waals surface area contributed by atoms with E-state index in [4.69, 9.17) is 16.9 Å². The van der Waals surface area contributed by atoms with Crippen LogP contribution in [0.3, 0.4) is 0 Å². The summed E-state index contributed by atoms with van der Waals surface area (Å²) in [4.78, 5) is 9.95. The molecule has 2 aromatic heterocycles. The van der Waals surface area contributed by atoms with E-state index in [0.717, 1.165) is 37.7 Å². The van der Waals surface area contributed by atoms with Gasteiger partial charge in [-0.05, 0) is 35.9 Å². The van der Waals surface area contributed by atoms with Crippen LogP contribution in [0.2, 0.25) is 5.02 Å². The van der Waals surface area contributed by atoms with E-state index < -0.39 is 12.7 Å². The molecule has 3 aliphatic rings. The highest BCUT2D eigenvalue weighted by molar-refractivity contribution is 6.30. The molecular formula is C23H20ClF3N8. The summed E-state index contributed by atoms with van der Waals surface area (Å²) in [5.74, 6) is 1.89. The number of nitriles is 1. The van der Waals surface area contributed by atoms with E-state index >= 15 is 0 Å². The molecule has 1 aromatic carbocycles. The second-order valence-electron chi connectivity index (χ2n) is 9.51. The number of nitrogens with zero attached hydrogens (tertiary/aromatic N) is 8. The van der Waals surface area contributed by atoms with Crippen LogP contribution in [-0.4, -0.2) is 63.5 Å². The maximum absolute atomic E-state index is 13.2. The zero-order valence-corrected chi connectivity index (χ0v) is 19.3. The Balaban J connectivity index is 1.23. The SMILES string of the molecule is N#Cc1ccnc(N2CC3(C2)CN(c2nnc4n2-c2ccc(Cl)cc2CN(CC(F)(F)F)C4)C3)c1. The molecule has 0 N–H and O–H groups in total. The lowest BCUT2D eigenvalue weighted by atomic mass is 9.73. The van der Waals surface area contributed by atoms with Crippen LogP contribution in [-0.2, 0) is 13.1 Å². The molecule has 1 spiro atoms. The molecule has 6 rings (SSSR count). The van der Waals surface area contributed by atoms with Gasteiger partial charge in [-0.1, -0.05) is 11.6 Å². The number of hydrogen-bond acceptors (Lipinski definition) is 7. The third kappa shape index (κ3) is 3.96. The number of alkyl halides is 3. The molecule has 0 unspecified atom stereocenters. The second kappa shape index (κ2) is 7.83. The van der Waals surface area contributed by atoms with Crippen molar-refractivity contribution in [3.63, 3.8) is 0 Å². The van der Waals surface area contributed by atoms with Gasteiger partial charge in [-0.2, -0.15) is 18.4 Å². The summed E-state index contributed by atoms with van der Waals surface area (Å²) in [6.45, 7) is 2.27. The molecule has 0 atom stereocenters. The number of benzene rings is 1. The first-order valence-corrected chi connectivity index (χ1v) is 11.5. The van der Waals surface area contributed by atoms with Crippen molar-refractivity contribution in [2.45, 2.75) is 19.3 Å². The lowest BCUT2D eigenvalue weighted by Gasteiger charge is -2.60. The highest BCUT2D eigenvalue weighted by Gasteiger charge is 2.53. The van der Waals surface area contributed by atoms with Crippen LogP contribution in [0, 0.1) is 16.7 Å². The minimum atomic E-state index is -4.32. The zero-order valence-electron chi connectivity index (χ0n) is 18.5. The van der Waals surface area contributed by atoms with Gasteiger partial charge in [0, 0.05) is 49.4 Å². The van der Waals surface area contributed by atoms with Gasteiger partial charge >= 0.3 is 6.18 Å². The summed E-state index contributed by atoms with van der Waals surface area (Å²) in [7, 11) is 0. The normalized spacial score (nSPS) is 18.8. The summed E-state index contributed by atoms with van der Waals surface area (Å²) in [5.41, 5.74) is 2.13. The summed E-state index contributed by atoms with van der Waals surface area (Å²) in [6, 6.07) is 10.9. The number of anilines is 2. The van der Waals surface area contributed by atoms with Crippen LogP contribution in [0.5, 0.6) is 0 Å². The van der Waals surface area contributed by atoms with Crippen LogP contribution in [0.15, 0.2) is 36.5 Å². The molecule has 180 valence electrons. The highest BCUT2D eigenvalue weighted by atomic mass is 35.5. The number of rotatable bonds is 3. The van der Waals surface area contributed by atoms with Crippen molar-refractivity contribution < 1.29 is 13.2 Å². The maximum Gasteiger partial charge on any atom is 0.401 e. The van der Waals surface area contributed by atoms with Crippen molar-refractivity contribution in [3.8, 4) is 11.8 Å². The Labute approximate surface area is 204 Å². The lowest BCUT2D eigenvalue weighted by Crippen LogP contribution is -2.73. The molecule has 3 aliphatic heterocycles. The predicted molar refractivity (Wildman–Crippen MR) is 122 cm³/mol. The largest absolute Gasteiger partial charge is 0.401 e. The molecule has 0 radical (unpaired) electrons. The van der Waals surface area contributed by atoms with Gasteiger partial charge in [0.15, 0.2) is 5.82 Å². The Morgan fingerprint density at radius 1 is 1.03 bits per heavy atom. The molecule has 8 nitrogen and oxygen atoms in total. The maximum atomic E-state index is 13.2. The van der Waals surface area contributed by atoms with Crippen LogP contribution < -0.4 is 9.80 Å². The van der Waals surface area contributed by atoms with E-state index in [9.17, 15) is 13.2 Å². The Morgan fingerprint density at radius 2 is 1.80 bits per heavy atom. The summed E-state index contributed by atoms with van der Waals surface area (Å²) < 4.78 is 41.4. The van der Waals surface area contributed by atoms with E-state index in [1.807, 2.05) is 10.6 Å². The molecule has 2 fully saturated rings. The molecule has 35 heavy (non-hydrogen) atoms. The second-order valence-corrected chi connectivity index (χ2v) is 9.95. The highest BCUT2D eigenvalue weighted by Crippen LogP contribution is 2.44. The molecule has 5 heterocycles. The Bertz CT molecular complexity index is 1330.